The average molecular weight is 493 g/mol. The van der Waals surface area contributed by atoms with Gasteiger partial charge in [0.1, 0.15) is 16.5 Å². The Balaban J connectivity index is 1.28. The standard InChI is InChI=1S/C27H32N4O3S/c1-3-34-27(33)21-10-7-13-31(17-21)26(32)20-11-14-30(15-12-20)24-22-16-23(19-8-5-4-6-9-19)35-25(22)29-18(2)28-24/h4-6,8-9,16,20-21H,3,7,10-15,17H2,1-2H3. The Labute approximate surface area is 210 Å². The maximum Gasteiger partial charge on any atom is 0.310 e. The lowest BCUT2D eigenvalue weighted by molar-refractivity contribution is -0.152. The fourth-order valence-corrected chi connectivity index (χ4v) is 6.30. The molecule has 1 atom stereocenters. The zero-order valence-corrected chi connectivity index (χ0v) is 21.2. The number of thiophene rings is 1. The summed E-state index contributed by atoms with van der Waals surface area (Å²) in [7, 11) is 0. The van der Waals surface area contributed by atoms with Crippen LogP contribution < -0.4 is 4.90 Å². The quantitative estimate of drug-likeness (QED) is 0.481. The number of piperidine rings is 2. The Bertz CT molecular complexity index is 1200. The number of aromatic nitrogens is 2. The molecule has 2 fully saturated rings. The molecule has 1 aromatic carbocycles. The van der Waals surface area contributed by atoms with Crippen molar-refractivity contribution in [2.24, 2.45) is 11.8 Å². The van der Waals surface area contributed by atoms with Crippen LogP contribution in [0.2, 0.25) is 0 Å². The van der Waals surface area contributed by atoms with Crippen LogP contribution in [0.25, 0.3) is 20.7 Å². The Kier molecular flexibility index (Phi) is 7.00. The first-order valence-corrected chi connectivity index (χ1v) is 13.4. The SMILES string of the molecule is CCOC(=O)C1CCCN(C(=O)C2CCN(c3nc(C)nc4sc(-c5ccccc5)cc34)CC2)C1. The van der Waals surface area contributed by atoms with E-state index >= 15 is 0 Å². The third-order valence-electron chi connectivity index (χ3n) is 7.04. The van der Waals surface area contributed by atoms with Gasteiger partial charge in [0.15, 0.2) is 0 Å². The van der Waals surface area contributed by atoms with E-state index in [1.807, 2.05) is 24.8 Å². The Morgan fingerprint density at radius 3 is 2.57 bits per heavy atom. The Hall–Kier alpha value is -3.00. The number of anilines is 1. The molecule has 5 rings (SSSR count). The van der Waals surface area contributed by atoms with Gasteiger partial charge in [0.2, 0.25) is 5.91 Å². The van der Waals surface area contributed by atoms with Gasteiger partial charge in [-0.25, -0.2) is 9.97 Å². The average Bonchev–Trinajstić information content (AvgIpc) is 3.33. The number of fused-ring (bicyclic) bond motifs is 1. The fraction of sp³-hybridized carbons (Fsp3) is 0.481. The van der Waals surface area contributed by atoms with Crippen LogP contribution in [-0.2, 0) is 14.3 Å². The van der Waals surface area contributed by atoms with Crippen molar-refractivity contribution >= 4 is 39.2 Å². The van der Waals surface area contributed by atoms with Gasteiger partial charge in [0, 0.05) is 37.0 Å². The summed E-state index contributed by atoms with van der Waals surface area (Å²) < 4.78 is 5.20. The second-order valence-electron chi connectivity index (χ2n) is 9.43. The first kappa shape index (κ1) is 23.7. The number of rotatable bonds is 5. The van der Waals surface area contributed by atoms with Gasteiger partial charge in [-0.3, -0.25) is 9.59 Å². The first-order valence-electron chi connectivity index (χ1n) is 12.6. The summed E-state index contributed by atoms with van der Waals surface area (Å²) in [4.78, 5) is 41.4. The van der Waals surface area contributed by atoms with Crippen LogP contribution in [0.15, 0.2) is 36.4 Å². The number of amides is 1. The number of likely N-dealkylation sites (tertiary alicyclic amines) is 1. The van der Waals surface area contributed by atoms with Crippen LogP contribution in [0.5, 0.6) is 0 Å². The largest absolute Gasteiger partial charge is 0.466 e. The predicted molar refractivity (Wildman–Crippen MR) is 138 cm³/mol. The van der Waals surface area contributed by atoms with Crippen LogP contribution in [0.4, 0.5) is 5.82 Å². The van der Waals surface area contributed by atoms with Crippen LogP contribution in [-0.4, -0.2) is 59.5 Å². The maximum atomic E-state index is 13.3. The number of carbonyl (C=O) groups is 2. The smallest absolute Gasteiger partial charge is 0.310 e. The van der Waals surface area contributed by atoms with E-state index in [4.69, 9.17) is 14.7 Å². The van der Waals surface area contributed by atoms with Gasteiger partial charge >= 0.3 is 5.97 Å². The van der Waals surface area contributed by atoms with Gasteiger partial charge in [0.05, 0.1) is 17.9 Å². The van der Waals surface area contributed by atoms with Gasteiger partial charge in [-0.05, 0) is 51.2 Å². The molecule has 4 heterocycles. The highest BCUT2D eigenvalue weighted by Gasteiger charge is 2.34. The number of hydrogen-bond acceptors (Lipinski definition) is 7. The summed E-state index contributed by atoms with van der Waals surface area (Å²) in [6.07, 6.45) is 3.24. The van der Waals surface area contributed by atoms with Gasteiger partial charge in [0.25, 0.3) is 0 Å². The molecule has 2 aliphatic rings. The van der Waals surface area contributed by atoms with Gasteiger partial charge in [-0.1, -0.05) is 30.3 Å². The lowest BCUT2D eigenvalue weighted by atomic mass is 9.92. The van der Waals surface area contributed by atoms with Crippen molar-refractivity contribution in [1.82, 2.24) is 14.9 Å². The lowest BCUT2D eigenvalue weighted by Gasteiger charge is -2.37. The van der Waals surface area contributed by atoms with E-state index in [0.717, 1.165) is 67.2 Å². The molecule has 0 aliphatic carbocycles. The highest BCUT2D eigenvalue weighted by atomic mass is 32.1. The second-order valence-corrected chi connectivity index (χ2v) is 10.5. The van der Waals surface area contributed by atoms with E-state index in [9.17, 15) is 9.59 Å². The number of benzene rings is 1. The molecule has 0 bridgehead atoms. The third kappa shape index (κ3) is 5.03. The van der Waals surface area contributed by atoms with E-state index in [2.05, 4.69) is 35.2 Å². The molecule has 1 unspecified atom stereocenters. The van der Waals surface area contributed by atoms with Crippen molar-refractivity contribution in [3.8, 4) is 10.4 Å². The molecule has 2 aromatic heterocycles. The molecule has 3 aromatic rings. The molecular formula is C27H32N4O3S. The molecule has 1 amide bonds. The zero-order valence-electron chi connectivity index (χ0n) is 20.4. The minimum absolute atomic E-state index is 0.00650. The molecule has 0 saturated carbocycles. The highest BCUT2D eigenvalue weighted by molar-refractivity contribution is 7.21. The minimum atomic E-state index is -0.192. The summed E-state index contributed by atoms with van der Waals surface area (Å²) >= 11 is 1.70. The summed E-state index contributed by atoms with van der Waals surface area (Å²) in [5.41, 5.74) is 1.19. The van der Waals surface area contributed by atoms with Crippen molar-refractivity contribution < 1.29 is 14.3 Å². The number of carbonyl (C=O) groups excluding carboxylic acids is 2. The molecule has 2 aliphatic heterocycles. The maximum absolute atomic E-state index is 13.3. The van der Waals surface area contributed by atoms with Crippen molar-refractivity contribution in [3.05, 3.63) is 42.2 Å². The Morgan fingerprint density at radius 1 is 1.06 bits per heavy atom. The first-order chi connectivity index (χ1) is 17.0. The predicted octanol–water partition coefficient (Wildman–Crippen LogP) is 4.68. The van der Waals surface area contributed by atoms with Crippen molar-refractivity contribution in [2.45, 2.75) is 39.5 Å². The number of hydrogen-bond donors (Lipinski definition) is 0. The number of ether oxygens (including phenoxy) is 1. The zero-order chi connectivity index (χ0) is 24.4. The van der Waals surface area contributed by atoms with E-state index < -0.39 is 0 Å². The van der Waals surface area contributed by atoms with Crippen LogP contribution >= 0.6 is 11.3 Å². The Morgan fingerprint density at radius 2 is 1.83 bits per heavy atom. The summed E-state index contributed by atoms with van der Waals surface area (Å²) in [6.45, 7) is 6.94. The van der Waals surface area contributed by atoms with E-state index in [0.29, 0.717) is 13.2 Å². The molecule has 0 spiro atoms. The summed E-state index contributed by atoms with van der Waals surface area (Å²) in [5.74, 6) is 1.55. The van der Waals surface area contributed by atoms with Crippen molar-refractivity contribution in [2.75, 3.05) is 37.7 Å². The van der Waals surface area contributed by atoms with Gasteiger partial charge in [-0.2, -0.15) is 0 Å². The molecule has 2 saturated heterocycles. The molecule has 184 valence electrons. The molecule has 0 radical (unpaired) electrons. The van der Waals surface area contributed by atoms with Gasteiger partial charge < -0.3 is 14.5 Å². The van der Waals surface area contributed by atoms with E-state index in [1.165, 1.54) is 10.4 Å². The summed E-state index contributed by atoms with van der Waals surface area (Å²) in [5, 5.41) is 1.08. The molecule has 7 nitrogen and oxygen atoms in total. The monoisotopic (exact) mass is 492 g/mol. The second kappa shape index (κ2) is 10.3. The van der Waals surface area contributed by atoms with Gasteiger partial charge in [-0.15, -0.1) is 11.3 Å². The molecule has 35 heavy (non-hydrogen) atoms. The highest BCUT2D eigenvalue weighted by Crippen LogP contribution is 2.37. The topological polar surface area (TPSA) is 75.6 Å². The van der Waals surface area contributed by atoms with E-state index in [1.54, 1.807) is 11.3 Å². The molecular weight excluding hydrogens is 460 g/mol. The number of nitrogens with zero attached hydrogens (tertiary/aromatic N) is 4. The lowest BCUT2D eigenvalue weighted by Crippen LogP contribution is -2.47. The molecule has 8 heteroatoms. The molecule has 0 N–H and O–H groups in total. The fourth-order valence-electron chi connectivity index (χ4n) is 5.22. The van der Waals surface area contributed by atoms with Crippen LogP contribution in [0.1, 0.15) is 38.4 Å². The number of esters is 1. The van der Waals surface area contributed by atoms with Crippen molar-refractivity contribution in [3.63, 3.8) is 0 Å². The van der Waals surface area contributed by atoms with E-state index in [-0.39, 0.29) is 23.7 Å². The minimum Gasteiger partial charge on any atom is -0.466 e. The van der Waals surface area contributed by atoms with Crippen molar-refractivity contribution in [1.29, 1.82) is 0 Å². The summed E-state index contributed by atoms with van der Waals surface area (Å²) in [6, 6.07) is 12.6. The normalized spacial score (nSPS) is 19.2. The van der Waals surface area contributed by atoms with Crippen LogP contribution in [0, 0.1) is 18.8 Å². The number of aryl methyl sites for hydroxylation is 1. The third-order valence-corrected chi connectivity index (χ3v) is 8.12. The van der Waals surface area contributed by atoms with Crippen LogP contribution in [0.3, 0.4) is 0 Å².